The van der Waals surface area contributed by atoms with E-state index in [9.17, 15) is 0 Å². The summed E-state index contributed by atoms with van der Waals surface area (Å²) in [7, 11) is 0. The molecule has 1 aromatic heterocycles. The Kier molecular flexibility index (Phi) is 4.06. The van der Waals surface area contributed by atoms with Crippen LogP contribution in [0.1, 0.15) is 31.1 Å². The average molecular weight is 304 g/mol. The Morgan fingerprint density at radius 2 is 2.44 bits per heavy atom. The number of rotatable bonds is 3. The molecule has 0 saturated carbocycles. The van der Waals surface area contributed by atoms with Gasteiger partial charge >= 0.3 is 0 Å². The van der Waals surface area contributed by atoms with Crippen LogP contribution in [0.3, 0.4) is 0 Å². The Labute approximate surface area is 109 Å². The molecule has 2 nitrogen and oxygen atoms in total. The molecule has 2 heterocycles. The Hall–Kier alpha value is 0.1000. The van der Waals surface area contributed by atoms with E-state index in [1.807, 2.05) is 0 Å². The molecule has 1 aromatic rings. The van der Waals surface area contributed by atoms with Crippen LogP contribution < -0.4 is 5.73 Å². The molecule has 2 unspecified atom stereocenters. The van der Waals surface area contributed by atoms with Gasteiger partial charge in [-0.25, -0.2) is 0 Å². The summed E-state index contributed by atoms with van der Waals surface area (Å²) in [4.78, 5) is 1.33. The molecule has 1 fully saturated rings. The van der Waals surface area contributed by atoms with Gasteiger partial charge in [0.2, 0.25) is 0 Å². The molecule has 1 aliphatic heterocycles. The van der Waals surface area contributed by atoms with Crippen LogP contribution in [0.25, 0.3) is 0 Å². The molecule has 0 aromatic carbocycles. The van der Waals surface area contributed by atoms with Crippen molar-refractivity contribution in [3.05, 3.63) is 20.8 Å². The van der Waals surface area contributed by atoms with Gasteiger partial charge in [0.25, 0.3) is 0 Å². The summed E-state index contributed by atoms with van der Waals surface area (Å²) in [5.41, 5.74) is 6.16. The number of ether oxygens (including phenoxy) is 1. The van der Waals surface area contributed by atoms with Crippen molar-refractivity contribution in [2.75, 3.05) is 6.61 Å². The number of nitrogens with two attached hydrogens (primary N) is 1. The van der Waals surface area contributed by atoms with Crippen molar-refractivity contribution in [1.82, 2.24) is 0 Å². The first-order valence-electron chi connectivity index (χ1n) is 5.72. The lowest BCUT2D eigenvalue weighted by Crippen LogP contribution is -2.50. The van der Waals surface area contributed by atoms with Crippen molar-refractivity contribution in [2.24, 2.45) is 5.73 Å². The maximum atomic E-state index is 6.29. The quantitative estimate of drug-likeness (QED) is 0.929. The molecule has 0 spiro atoms. The Bertz CT molecular complexity index is 347. The monoisotopic (exact) mass is 303 g/mol. The minimum atomic E-state index is -0.130. The fourth-order valence-corrected chi connectivity index (χ4v) is 3.65. The van der Waals surface area contributed by atoms with Gasteiger partial charge < -0.3 is 10.5 Å². The summed E-state index contributed by atoms with van der Waals surface area (Å²) in [6, 6.07) is 2.25. The Balaban J connectivity index is 1.98. The van der Waals surface area contributed by atoms with E-state index in [-0.39, 0.29) is 11.6 Å². The minimum Gasteiger partial charge on any atom is -0.374 e. The molecule has 0 bridgehead atoms. The van der Waals surface area contributed by atoms with Crippen molar-refractivity contribution >= 4 is 27.3 Å². The van der Waals surface area contributed by atoms with Crippen LogP contribution in [0, 0.1) is 0 Å². The van der Waals surface area contributed by atoms with E-state index < -0.39 is 0 Å². The number of hydrogen-bond acceptors (Lipinski definition) is 3. The second kappa shape index (κ2) is 5.17. The summed E-state index contributed by atoms with van der Waals surface area (Å²) in [6.07, 6.45) is 4.40. The second-order valence-electron chi connectivity index (χ2n) is 4.66. The molecule has 1 aliphatic rings. The normalized spacial score (nSPS) is 27.9. The maximum Gasteiger partial charge on any atom is 0.0808 e. The molecular weight excluding hydrogens is 286 g/mol. The molecule has 2 rings (SSSR count). The third-order valence-corrected chi connectivity index (χ3v) is 5.05. The van der Waals surface area contributed by atoms with Crippen LogP contribution in [0.2, 0.25) is 0 Å². The molecule has 2 atom stereocenters. The Morgan fingerprint density at radius 3 is 3.00 bits per heavy atom. The number of halogens is 1. The molecule has 4 heteroatoms. The van der Waals surface area contributed by atoms with Gasteiger partial charge in [-0.1, -0.05) is 0 Å². The third kappa shape index (κ3) is 2.86. The van der Waals surface area contributed by atoms with E-state index in [0.29, 0.717) is 0 Å². The van der Waals surface area contributed by atoms with Gasteiger partial charge in [-0.15, -0.1) is 11.3 Å². The van der Waals surface area contributed by atoms with Crippen LogP contribution in [-0.2, 0) is 11.2 Å². The van der Waals surface area contributed by atoms with Crippen molar-refractivity contribution < 1.29 is 4.74 Å². The molecule has 0 aliphatic carbocycles. The number of hydrogen-bond donors (Lipinski definition) is 1. The molecule has 1 saturated heterocycles. The van der Waals surface area contributed by atoms with E-state index in [2.05, 4.69) is 34.3 Å². The van der Waals surface area contributed by atoms with Gasteiger partial charge in [-0.3, -0.25) is 0 Å². The SMILES string of the molecule is CC1(C(N)Cc2cc(Br)cs2)CCCCO1. The highest BCUT2D eigenvalue weighted by atomic mass is 79.9. The van der Waals surface area contributed by atoms with E-state index in [4.69, 9.17) is 10.5 Å². The summed E-state index contributed by atoms with van der Waals surface area (Å²) >= 11 is 5.23. The van der Waals surface area contributed by atoms with Crippen LogP contribution in [0.4, 0.5) is 0 Å². The highest BCUT2D eigenvalue weighted by molar-refractivity contribution is 9.10. The van der Waals surface area contributed by atoms with Crippen LogP contribution in [0.5, 0.6) is 0 Å². The van der Waals surface area contributed by atoms with E-state index in [0.717, 1.165) is 23.9 Å². The van der Waals surface area contributed by atoms with E-state index >= 15 is 0 Å². The average Bonchev–Trinajstić information content (AvgIpc) is 2.65. The largest absolute Gasteiger partial charge is 0.374 e. The highest BCUT2D eigenvalue weighted by Gasteiger charge is 2.34. The first-order chi connectivity index (χ1) is 7.60. The number of thiophene rings is 1. The van der Waals surface area contributed by atoms with Gasteiger partial charge in [-0.2, -0.15) is 0 Å². The van der Waals surface area contributed by atoms with Gasteiger partial charge in [0.05, 0.1) is 5.60 Å². The molecular formula is C12H18BrNOS. The summed E-state index contributed by atoms with van der Waals surface area (Å²) in [5.74, 6) is 0. The minimum absolute atomic E-state index is 0.0957. The zero-order valence-electron chi connectivity index (χ0n) is 9.54. The molecule has 16 heavy (non-hydrogen) atoms. The first-order valence-corrected chi connectivity index (χ1v) is 7.40. The summed E-state index contributed by atoms with van der Waals surface area (Å²) in [6.45, 7) is 3.01. The third-order valence-electron chi connectivity index (χ3n) is 3.33. The summed E-state index contributed by atoms with van der Waals surface area (Å²) < 4.78 is 7.02. The zero-order chi connectivity index (χ0) is 11.6. The van der Waals surface area contributed by atoms with Crippen molar-refractivity contribution in [3.8, 4) is 0 Å². The predicted octanol–water partition coefficient (Wildman–Crippen LogP) is 3.34. The van der Waals surface area contributed by atoms with E-state index in [1.165, 1.54) is 17.7 Å². The van der Waals surface area contributed by atoms with Crippen molar-refractivity contribution in [3.63, 3.8) is 0 Å². The van der Waals surface area contributed by atoms with Gasteiger partial charge in [0, 0.05) is 27.4 Å². The van der Waals surface area contributed by atoms with Crippen molar-refractivity contribution in [1.29, 1.82) is 0 Å². The lowest BCUT2D eigenvalue weighted by Gasteiger charge is -2.38. The van der Waals surface area contributed by atoms with Crippen LogP contribution >= 0.6 is 27.3 Å². The van der Waals surface area contributed by atoms with Crippen LogP contribution in [0.15, 0.2) is 15.9 Å². The fourth-order valence-electron chi connectivity index (χ4n) is 2.14. The zero-order valence-corrected chi connectivity index (χ0v) is 11.9. The molecule has 2 N–H and O–H groups in total. The lowest BCUT2D eigenvalue weighted by atomic mass is 9.87. The molecule has 90 valence electrons. The Morgan fingerprint density at radius 1 is 1.62 bits per heavy atom. The van der Waals surface area contributed by atoms with Gasteiger partial charge in [-0.05, 0) is 54.6 Å². The standard InChI is InChI=1S/C12H18BrNOS/c1-12(4-2-3-5-15-12)11(14)7-10-6-9(13)8-16-10/h6,8,11H,2-5,7,14H2,1H3. The van der Waals surface area contributed by atoms with Crippen LogP contribution in [-0.4, -0.2) is 18.2 Å². The second-order valence-corrected chi connectivity index (χ2v) is 6.57. The summed E-state index contributed by atoms with van der Waals surface area (Å²) in [5, 5.41) is 2.10. The fraction of sp³-hybridized carbons (Fsp3) is 0.667. The van der Waals surface area contributed by atoms with Crippen molar-refractivity contribution in [2.45, 2.75) is 44.2 Å². The lowest BCUT2D eigenvalue weighted by molar-refractivity contribution is -0.0807. The topological polar surface area (TPSA) is 35.2 Å². The van der Waals surface area contributed by atoms with Gasteiger partial charge in [0.15, 0.2) is 0 Å². The molecule has 0 amide bonds. The molecule has 0 radical (unpaired) electrons. The highest BCUT2D eigenvalue weighted by Crippen LogP contribution is 2.30. The van der Waals surface area contributed by atoms with Gasteiger partial charge in [0.1, 0.15) is 0 Å². The predicted molar refractivity (Wildman–Crippen MR) is 71.9 cm³/mol. The first kappa shape index (κ1) is 12.6. The van der Waals surface area contributed by atoms with E-state index in [1.54, 1.807) is 11.3 Å². The smallest absolute Gasteiger partial charge is 0.0808 e. The maximum absolute atomic E-state index is 6.29.